The molecule has 2 nitrogen and oxygen atoms in total. The van der Waals surface area contributed by atoms with E-state index in [2.05, 4.69) is 78.8 Å². The second-order valence-electron chi connectivity index (χ2n) is 6.28. The van der Waals surface area contributed by atoms with Gasteiger partial charge in [-0.2, -0.15) is 0 Å². The van der Waals surface area contributed by atoms with Gasteiger partial charge in [0.1, 0.15) is 5.65 Å². The fourth-order valence-electron chi connectivity index (χ4n) is 2.58. The molecule has 0 aliphatic rings. The Bertz CT molecular complexity index is 718. The average molecular weight is 264 g/mol. The number of pyridine rings is 1. The molecule has 3 rings (SSSR count). The van der Waals surface area contributed by atoms with Crippen molar-refractivity contribution >= 4 is 5.65 Å². The van der Waals surface area contributed by atoms with Crippen LogP contribution in [0.3, 0.4) is 0 Å². The molecule has 2 heterocycles. The van der Waals surface area contributed by atoms with Crippen LogP contribution in [-0.4, -0.2) is 9.38 Å². The highest BCUT2D eigenvalue weighted by Crippen LogP contribution is 2.26. The summed E-state index contributed by atoms with van der Waals surface area (Å²) in [4.78, 5) is 4.64. The molecule has 0 amide bonds. The molecule has 0 aliphatic heterocycles. The molecule has 2 heteroatoms. The summed E-state index contributed by atoms with van der Waals surface area (Å²) < 4.78 is 2.22. The Morgan fingerprint density at radius 1 is 1.00 bits per heavy atom. The first kappa shape index (κ1) is 12.9. The van der Waals surface area contributed by atoms with Crippen molar-refractivity contribution in [1.29, 1.82) is 0 Å². The lowest BCUT2D eigenvalue weighted by atomic mass is 9.88. The summed E-state index contributed by atoms with van der Waals surface area (Å²) >= 11 is 0. The van der Waals surface area contributed by atoms with Crippen LogP contribution in [-0.2, 0) is 11.8 Å². The highest BCUT2D eigenvalue weighted by Gasteiger charge is 2.18. The Labute approximate surface area is 120 Å². The molecule has 2 aromatic heterocycles. The second-order valence-corrected chi connectivity index (χ2v) is 6.28. The molecule has 0 spiro atoms. The Hall–Kier alpha value is -2.09. The molecule has 20 heavy (non-hydrogen) atoms. The summed E-state index contributed by atoms with van der Waals surface area (Å²) in [5.41, 5.74) is 5.02. The van der Waals surface area contributed by atoms with Crippen LogP contribution in [0.2, 0.25) is 0 Å². The van der Waals surface area contributed by atoms with Crippen molar-refractivity contribution in [1.82, 2.24) is 9.38 Å². The molecule has 3 aromatic rings. The average Bonchev–Trinajstić information content (AvgIpc) is 2.82. The van der Waals surface area contributed by atoms with Gasteiger partial charge in [-0.05, 0) is 17.0 Å². The zero-order valence-corrected chi connectivity index (χ0v) is 12.3. The van der Waals surface area contributed by atoms with Gasteiger partial charge in [0.2, 0.25) is 0 Å². The Morgan fingerprint density at radius 3 is 2.45 bits per heavy atom. The van der Waals surface area contributed by atoms with Gasteiger partial charge in [-0.25, -0.2) is 4.98 Å². The van der Waals surface area contributed by atoms with E-state index in [1.165, 1.54) is 16.8 Å². The van der Waals surface area contributed by atoms with Crippen molar-refractivity contribution in [2.45, 2.75) is 32.6 Å². The molecule has 0 aliphatic carbocycles. The largest absolute Gasteiger partial charge is 0.304 e. The van der Waals surface area contributed by atoms with Crippen molar-refractivity contribution in [2.24, 2.45) is 0 Å². The Kier molecular flexibility index (Phi) is 3.09. The third kappa shape index (κ3) is 2.34. The highest BCUT2D eigenvalue weighted by atomic mass is 15.0. The maximum Gasteiger partial charge on any atom is 0.140 e. The molecule has 1 aromatic carbocycles. The van der Waals surface area contributed by atoms with E-state index in [1.807, 2.05) is 6.20 Å². The number of rotatable bonds is 2. The zero-order valence-electron chi connectivity index (χ0n) is 12.3. The van der Waals surface area contributed by atoms with Crippen LogP contribution in [0.5, 0.6) is 0 Å². The van der Waals surface area contributed by atoms with Crippen LogP contribution in [0.1, 0.15) is 37.6 Å². The minimum absolute atomic E-state index is 0.109. The predicted molar refractivity (Wildman–Crippen MR) is 83.1 cm³/mol. The standard InChI is InChI=1S/C18H20N2/c1-18(2,3)16-10-7-11-20-15(13-19-17(16)20)12-14-8-5-4-6-9-14/h4-11,13H,12H2,1-3H3. The van der Waals surface area contributed by atoms with Crippen LogP contribution in [0.15, 0.2) is 54.9 Å². The summed E-state index contributed by atoms with van der Waals surface area (Å²) in [6, 6.07) is 14.8. The van der Waals surface area contributed by atoms with E-state index >= 15 is 0 Å². The van der Waals surface area contributed by atoms with E-state index in [0.29, 0.717) is 0 Å². The maximum atomic E-state index is 4.64. The van der Waals surface area contributed by atoms with Crippen molar-refractivity contribution in [3.05, 3.63) is 71.7 Å². The summed E-state index contributed by atoms with van der Waals surface area (Å²) in [5, 5.41) is 0. The molecule has 0 unspecified atom stereocenters. The number of hydrogen-bond donors (Lipinski definition) is 0. The SMILES string of the molecule is CC(C)(C)c1cccn2c(Cc3ccccc3)cnc12. The van der Waals surface area contributed by atoms with Crippen LogP contribution in [0.25, 0.3) is 5.65 Å². The minimum atomic E-state index is 0.109. The van der Waals surface area contributed by atoms with Gasteiger partial charge in [0.25, 0.3) is 0 Å². The molecule has 0 bridgehead atoms. The smallest absolute Gasteiger partial charge is 0.140 e. The lowest BCUT2D eigenvalue weighted by Gasteiger charge is -2.19. The van der Waals surface area contributed by atoms with Crippen molar-refractivity contribution in [3.8, 4) is 0 Å². The minimum Gasteiger partial charge on any atom is -0.304 e. The Morgan fingerprint density at radius 2 is 1.75 bits per heavy atom. The van der Waals surface area contributed by atoms with Gasteiger partial charge < -0.3 is 4.40 Å². The normalized spacial score (nSPS) is 11.9. The van der Waals surface area contributed by atoms with Gasteiger partial charge in [0.15, 0.2) is 0 Å². The van der Waals surface area contributed by atoms with Gasteiger partial charge in [0.05, 0.1) is 0 Å². The highest BCUT2D eigenvalue weighted by molar-refractivity contribution is 5.52. The molecule has 0 atom stereocenters. The molecule has 0 fully saturated rings. The molecule has 0 saturated carbocycles. The summed E-state index contributed by atoms with van der Waals surface area (Å²) in [7, 11) is 0. The first-order valence-electron chi connectivity index (χ1n) is 7.05. The van der Waals surface area contributed by atoms with Crippen molar-refractivity contribution in [2.75, 3.05) is 0 Å². The van der Waals surface area contributed by atoms with Gasteiger partial charge in [-0.3, -0.25) is 0 Å². The number of fused-ring (bicyclic) bond motifs is 1. The van der Waals surface area contributed by atoms with E-state index in [4.69, 9.17) is 0 Å². The van der Waals surface area contributed by atoms with Crippen LogP contribution in [0.4, 0.5) is 0 Å². The molecule has 0 saturated heterocycles. The van der Waals surface area contributed by atoms with E-state index in [1.54, 1.807) is 0 Å². The van der Waals surface area contributed by atoms with Crippen molar-refractivity contribution in [3.63, 3.8) is 0 Å². The molecule has 0 radical (unpaired) electrons. The van der Waals surface area contributed by atoms with Gasteiger partial charge in [0, 0.05) is 30.1 Å². The van der Waals surface area contributed by atoms with E-state index in [0.717, 1.165) is 12.1 Å². The second kappa shape index (κ2) is 4.78. The maximum absolute atomic E-state index is 4.64. The van der Waals surface area contributed by atoms with Crippen LogP contribution < -0.4 is 0 Å². The van der Waals surface area contributed by atoms with Gasteiger partial charge >= 0.3 is 0 Å². The summed E-state index contributed by atoms with van der Waals surface area (Å²) in [6.45, 7) is 6.69. The number of imidazole rings is 1. The van der Waals surface area contributed by atoms with E-state index < -0.39 is 0 Å². The van der Waals surface area contributed by atoms with Gasteiger partial charge in [-0.1, -0.05) is 57.2 Å². The molecular formula is C18H20N2. The topological polar surface area (TPSA) is 17.3 Å². The monoisotopic (exact) mass is 264 g/mol. The molecular weight excluding hydrogens is 244 g/mol. The predicted octanol–water partition coefficient (Wildman–Crippen LogP) is 4.22. The number of aromatic nitrogens is 2. The van der Waals surface area contributed by atoms with Crippen LogP contribution in [0, 0.1) is 0 Å². The number of benzene rings is 1. The third-order valence-electron chi connectivity index (χ3n) is 3.65. The Balaban J connectivity index is 2.07. The molecule has 102 valence electrons. The molecule has 0 N–H and O–H groups in total. The van der Waals surface area contributed by atoms with Crippen molar-refractivity contribution < 1.29 is 0 Å². The first-order valence-corrected chi connectivity index (χ1v) is 7.05. The summed E-state index contributed by atoms with van der Waals surface area (Å²) in [6.07, 6.45) is 5.02. The summed E-state index contributed by atoms with van der Waals surface area (Å²) in [5.74, 6) is 0. The number of hydrogen-bond acceptors (Lipinski definition) is 1. The van der Waals surface area contributed by atoms with Crippen LogP contribution >= 0.6 is 0 Å². The first-order chi connectivity index (χ1) is 9.55. The van der Waals surface area contributed by atoms with E-state index in [9.17, 15) is 0 Å². The lowest BCUT2D eigenvalue weighted by Crippen LogP contribution is -2.13. The fraction of sp³-hybridized carbons (Fsp3) is 0.278. The van der Waals surface area contributed by atoms with Gasteiger partial charge in [-0.15, -0.1) is 0 Å². The lowest BCUT2D eigenvalue weighted by molar-refractivity contribution is 0.591. The third-order valence-corrected chi connectivity index (χ3v) is 3.65. The number of nitrogens with zero attached hydrogens (tertiary/aromatic N) is 2. The fourth-order valence-corrected chi connectivity index (χ4v) is 2.58. The zero-order chi connectivity index (χ0) is 14.2. The van der Waals surface area contributed by atoms with E-state index in [-0.39, 0.29) is 5.41 Å². The quantitative estimate of drug-likeness (QED) is 0.677.